The molecule has 128 valence electrons. The first-order valence-electron chi connectivity index (χ1n) is 7.97. The third kappa shape index (κ3) is 4.86. The fourth-order valence-corrected chi connectivity index (χ4v) is 2.79. The predicted octanol–water partition coefficient (Wildman–Crippen LogP) is 2.43. The van der Waals surface area contributed by atoms with Gasteiger partial charge >= 0.3 is 0 Å². The topological polar surface area (TPSA) is 75.2 Å². The summed E-state index contributed by atoms with van der Waals surface area (Å²) in [4.78, 5) is 6.82. The molecule has 0 atom stereocenters. The van der Waals surface area contributed by atoms with E-state index in [9.17, 15) is 0 Å². The zero-order valence-corrected chi connectivity index (χ0v) is 15.2. The standard InChI is InChI=1S/C16H21BrN6O/c1-12-2-3-13(10-14(12)17)20-16-21-15(11-19-22-16)18-4-5-23-6-8-24-9-7-23/h2-3,10-11H,4-9H2,1H3,(H2,18,20,21,22). The molecule has 1 aromatic carbocycles. The van der Waals surface area contributed by atoms with Crippen LogP contribution in [0.25, 0.3) is 0 Å². The second kappa shape index (κ2) is 8.36. The van der Waals surface area contributed by atoms with Gasteiger partial charge in [0.2, 0.25) is 5.95 Å². The lowest BCUT2D eigenvalue weighted by Crippen LogP contribution is -2.39. The largest absolute Gasteiger partial charge is 0.379 e. The highest BCUT2D eigenvalue weighted by atomic mass is 79.9. The highest BCUT2D eigenvalue weighted by Crippen LogP contribution is 2.22. The van der Waals surface area contributed by atoms with Crippen LogP contribution >= 0.6 is 15.9 Å². The van der Waals surface area contributed by atoms with Crippen LogP contribution in [0.1, 0.15) is 5.56 Å². The van der Waals surface area contributed by atoms with Crippen LogP contribution < -0.4 is 10.6 Å². The molecule has 0 spiro atoms. The molecule has 2 N–H and O–H groups in total. The summed E-state index contributed by atoms with van der Waals surface area (Å²) >= 11 is 3.52. The van der Waals surface area contributed by atoms with Crippen LogP contribution in [0.5, 0.6) is 0 Å². The van der Waals surface area contributed by atoms with Crippen molar-refractivity contribution in [2.24, 2.45) is 0 Å². The summed E-state index contributed by atoms with van der Waals surface area (Å²) in [5.74, 6) is 1.19. The number of hydrogen-bond acceptors (Lipinski definition) is 7. The van der Waals surface area contributed by atoms with Crippen molar-refractivity contribution in [3.8, 4) is 0 Å². The fraction of sp³-hybridized carbons (Fsp3) is 0.438. The van der Waals surface area contributed by atoms with Gasteiger partial charge in [-0.3, -0.25) is 4.90 Å². The van der Waals surface area contributed by atoms with Crippen LogP contribution in [-0.2, 0) is 4.74 Å². The lowest BCUT2D eigenvalue weighted by molar-refractivity contribution is 0.0398. The zero-order chi connectivity index (χ0) is 16.8. The Morgan fingerprint density at radius 3 is 2.92 bits per heavy atom. The molecule has 24 heavy (non-hydrogen) atoms. The van der Waals surface area contributed by atoms with Gasteiger partial charge in [-0.25, -0.2) is 0 Å². The van der Waals surface area contributed by atoms with Gasteiger partial charge < -0.3 is 15.4 Å². The van der Waals surface area contributed by atoms with Crippen molar-refractivity contribution >= 4 is 33.4 Å². The number of aryl methyl sites for hydroxylation is 1. The molecular weight excluding hydrogens is 372 g/mol. The van der Waals surface area contributed by atoms with E-state index < -0.39 is 0 Å². The molecule has 1 saturated heterocycles. The van der Waals surface area contributed by atoms with Gasteiger partial charge in [0.15, 0.2) is 5.82 Å². The SMILES string of the molecule is Cc1ccc(Nc2nncc(NCCN3CCOCC3)n2)cc1Br. The summed E-state index contributed by atoms with van der Waals surface area (Å²) in [5, 5.41) is 14.5. The van der Waals surface area contributed by atoms with Gasteiger partial charge in [0.25, 0.3) is 0 Å². The molecule has 0 bridgehead atoms. The van der Waals surface area contributed by atoms with E-state index in [0.717, 1.165) is 49.6 Å². The van der Waals surface area contributed by atoms with Crippen molar-refractivity contribution in [1.29, 1.82) is 0 Å². The quantitative estimate of drug-likeness (QED) is 0.781. The van der Waals surface area contributed by atoms with E-state index in [4.69, 9.17) is 4.74 Å². The molecule has 7 nitrogen and oxygen atoms in total. The van der Waals surface area contributed by atoms with E-state index >= 15 is 0 Å². The number of ether oxygens (including phenoxy) is 1. The van der Waals surface area contributed by atoms with Crippen LogP contribution in [0.2, 0.25) is 0 Å². The Morgan fingerprint density at radius 2 is 2.12 bits per heavy atom. The molecule has 2 heterocycles. The Hall–Kier alpha value is -1.77. The number of rotatable bonds is 6. The maximum Gasteiger partial charge on any atom is 0.249 e. The molecule has 0 unspecified atom stereocenters. The van der Waals surface area contributed by atoms with Gasteiger partial charge in [0, 0.05) is 36.3 Å². The Balaban J connectivity index is 1.54. The molecule has 1 aliphatic rings. The number of morpholine rings is 1. The third-order valence-corrected chi connectivity index (χ3v) is 4.68. The van der Waals surface area contributed by atoms with E-state index in [-0.39, 0.29) is 0 Å². The van der Waals surface area contributed by atoms with E-state index in [1.807, 2.05) is 25.1 Å². The maximum absolute atomic E-state index is 5.35. The molecule has 0 amide bonds. The van der Waals surface area contributed by atoms with Gasteiger partial charge in [-0.15, -0.1) is 5.10 Å². The van der Waals surface area contributed by atoms with E-state index in [1.54, 1.807) is 6.20 Å². The van der Waals surface area contributed by atoms with Crippen LogP contribution in [0, 0.1) is 6.92 Å². The first-order chi connectivity index (χ1) is 11.7. The molecular formula is C16H21BrN6O. The minimum Gasteiger partial charge on any atom is -0.379 e. The smallest absolute Gasteiger partial charge is 0.249 e. The normalized spacial score (nSPS) is 15.2. The van der Waals surface area contributed by atoms with Crippen LogP contribution in [0.3, 0.4) is 0 Å². The fourth-order valence-electron chi connectivity index (χ4n) is 2.41. The van der Waals surface area contributed by atoms with Crippen LogP contribution in [0.4, 0.5) is 17.5 Å². The summed E-state index contributed by atoms with van der Waals surface area (Å²) in [7, 11) is 0. The number of nitrogens with one attached hydrogen (secondary N) is 2. The van der Waals surface area contributed by atoms with Gasteiger partial charge in [-0.1, -0.05) is 22.0 Å². The molecule has 0 radical (unpaired) electrons. The Morgan fingerprint density at radius 1 is 1.29 bits per heavy atom. The summed E-state index contributed by atoms with van der Waals surface area (Å²) in [6.45, 7) is 7.42. The monoisotopic (exact) mass is 392 g/mol. The van der Waals surface area contributed by atoms with Crippen molar-refractivity contribution in [3.63, 3.8) is 0 Å². The average molecular weight is 393 g/mol. The molecule has 0 aliphatic carbocycles. The van der Waals surface area contributed by atoms with E-state index in [1.165, 1.54) is 5.56 Å². The molecule has 1 aromatic heterocycles. The number of hydrogen-bond donors (Lipinski definition) is 2. The Bertz CT molecular complexity index is 677. The second-order valence-corrected chi connectivity index (χ2v) is 6.49. The predicted molar refractivity (Wildman–Crippen MR) is 97.7 cm³/mol. The average Bonchev–Trinajstić information content (AvgIpc) is 2.60. The molecule has 2 aromatic rings. The highest BCUT2D eigenvalue weighted by Gasteiger charge is 2.09. The Kier molecular flexibility index (Phi) is 5.95. The van der Waals surface area contributed by atoms with Gasteiger partial charge in [0.1, 0.15) is 0 Å². The lowest BCUT2D eigenvalue weighted by atomic mass is 10.2. The number of nitrogens with zero attached hydrogens (tertiary/aromatic N) is 4. The van der Waals surface area contributed by atoms with Gasteiger partial charge in [0.05, 0.1) is 19.4 Å². The van der Waals surface area contributed by atoms with Crippen molar-refractivity contribution in [3.05, 3.63) is 34.4 Å². The minimum atomic E-state index is 0.474. The van der Waals surface area contributed by atoms with Crippen LogP contribution in [-0.4, -0.2) is 59.5 Å². The third-order valence-electron chi connectivity index (χ3n) is 3.82. The minimum absolute atomic E-state index is 0.474. The number of anilines is 3. The molecule has 1 fully saturated rings. The number of benzene rings is 1. The van der Waals surface area contributed by atoms with E-state index in [2.05, 4.69) is 46.6 Å². The number of aromatic nitrogens is 3. The second-order valence-electron chi connectivity index (χ2n) is 5.63. The molecule has 1 aliphatic heterocycles. The molecule has 8 heteroatoms. The Labute approximate surface area is 150 Å². The van der Waals surface area contributed by atoms with Crippen molar-refractivity contribution in [2.45, 2.75) is 6.92 Å². The summed E-state index contributed by atoms with van der Waals surface area (Å²) < 4.78 is 6.39. The lowest BCUT2D eigenvalue weighted by Gasteiger charge is -2.26. The highest BCUT2D eigenvalue weighted by molar-refractivity contribution is 9.10. The maximum atomic E-state index is 5.35. The number of halogens is 1. The molecule has 3 rings (SSSR count). The summed E-state index contributed by atoms with van der Waals surface area (Å²) in [5.41, 5.74) is 2.10. The van der Waals surface area contributed by atoms with Gasteiger partial charge in [-0.05, 0) is 24.6 Å². The van der Waals surface area contributed by atoms with Crippen molar-refractivity contribution in [2.75, 3.05) is 50.0 Å². The summed E-state index contributed by atoms with van der Waals surface area (Å²) in [6, 6.07) is 6.02. The van der Waals surface area contributed by atoms with Crippen molar-refractivity contribution in [1.82, 2.24) is 20.1 Å². The molecule has 0 saturated carbocycles. The van der Waals surface area contributed by atoms with E-state index in [0.29, 0.717) is 11.8 Å². The zero-order valence-electron chi connectivity index (χ0n) is 13.6. The van der Waals surface area contributed by atoms with Crippen molar-refractivity contribution < 1.29 is 4.74 Å². The first-order valence-corrected chi connectivity index (χ1v) is 8.77. The van der Waals surface area contributed by atoms with Gasteiger partial charge in [-0.2, -0.15) is 10.1 Å². The first kappa shape index (κ1) is 17.1. The van der Waals surface area contributed by atoms with Crippen LogP contribution in [0.15, 0.2) is 28.9 Å². The summed E-state index contributed by atoms with van der Waals surface area (Å²) in [6.07, 6.45) is 1.63.